The molecule has 14 heavy (non-hydrogen) atoms. The Kier molecular flexibility index (Phi) is 2.67. The molecular weight excluding hydrogens is 180 g/mol. The lowest BCUT2D eigenvalue weighted by atomic mass is 10.0. The van der Waals surface area contributed by atoms with Crippen molar-refractivity contribution in [2.45, 2.75) is 26.3 Å². The molecule has 5 nitrogen and oxygen atoms in total. The summed E-state index contributed by atoms with van der Waals surface area (Å²) in [7, 11) is 0. The van der Waals surface area contributed by atoms with E-state index in [-0.39, 0.29) is 0 Å². The molecule has 1 aliphatic heterocycles. The molecule has 0 aliphatic carbocycles. The summed E-state index contributed by atoms with van der Waals surface area (Å²) in [5, 5.41) is 3.90. The highest BCUT2D eigenvalue weighted by Crippen LogP contribution is 2.19. The molecule has 0 spiro atoms. The van der Waals surface area contributed by atoms with Gasteiger partial charge in [0, 0.05) is 13.1 Å². The third kappa shape index (κ3) is 1.87. The van der Waals surface area contributed by atoms with Gasteiger partial charge in [0.05, 0.1) is 6.54 Å². The van der Waals surface area contributed by atoms with E-state index in [0.29, 0.717) is 24.3 Å². The Balaban J connectivity index is 2.06. The van der Waals surface area contributed by atoms with Crippen molar-refractivity contribution in [3.05, 3.63) is 5.89 Å². The Bertz CT molecular complexity index is 299. The van der Waals surface area contributed by atoms with Crippen molar-refractivity contribution in [2.24, 2.45) is 11.7 Å². The van der Waals surface area contributed by atoms with Gasteiger partial charge < -0.3 is 15.2 Å². The fourth-order valence-electron chi connectivity index (χ4n) is 1.83. The van der Waals surface area contributed by atoms with Crippen molar-refractivity contribution < 1.29 is 4.52 Å². The van der Waals surface area contributed by atoms with Gasteiger partial charge in [-0.2, -0.15) is 4.98 Å². The Morgan fingerprint density at radius 2 is 2.50 bits per heavy atom. The lowest BCUT2D eigenvalue weighted by Gasteiger charge is -2.29. The smallest absolute Gasteiger partial charge is 0.266 e. The van der Waals surface area contributed by atoms with E-state index in [9.17, 15) is 0 Å². The van der Waals surface area contributed by atoms with Crippen LogP contribution in [0.1, 0.15) is 25.7 Å². The van der Waals surface area contributed by atoms with Crippen LogP contribution in [-0.4, -0.2) is 23.2 Å². The molecule has 2 N–H and O–H groups in total. The van der Waals surface area contributed by atoms with Gasteiger partial charge in [0.25, 0.3) is 5.95 Å². The van der Waals surface area contributed by atoms with E-state index in [2.05, 4.69) is 22.0 Å². The number of hydrogen-bond donors (Lipinski definition) is 1. The summed E-state index contributed by atoms with van der Waals surface area (Å²) in [6.45, 7) is 4.60. The van der Waals surface area contributed by atoms with Crippen LogP contribution in [0.2, 0.25) is 0 Å². The minimum Gasteiger partial charge on any atom is -0.338 e. The normalized spacial score (nSPS) is 22.7. The van der Waals surface area contributed by atoms with Crippen molar-refractivity contribution in [2.75, 3.05) is 18.0 Å². The Hall–Kier alpha value is -1.10. The van der Waals surface area contributed by atoms with Crippen LogP contribution in [0.5, 0.6) is 0 Å². The molecule has 78 valence electrons. The summed E-state index contributed by atoms with van der Waals surface area (Å²) in [6, 6.07) is 0. The molecule has 1 aromatic heterocycles. The van der Waals surface area contributed by atoms with Crippen LogP contribution in [0, 0.1) is 5.92 Å². The van der Waals surface area contributed by atoms with E-state index >= 15 is 0 Å². The average molecular weight is 196 g/mol. The van der Waals surface area contributed by atoms with Gasteiger partial charge in [-0.3, -0.25) is 0 Å². The van der Waals surface area contributed by atoms with E-state index in [0.717, 1.165) is 13.1 Å². The second-order valence-corrected chi connectivity index (χ2v) is 3.89. The number of rotatable bonds is 2. The van der Waals surface area contributed by atoms with Crippen LogP contribution in [0.15, 0.2) is 4.52 Å². The molecule has 0 saturated carbocycles. The summed E-state index contributed by atoms with van der Waals surface area (Å²) in [5.74, 6) is 1.92. The van der Waals surface area contributed by atoms with Crippen LogP contribution in [0.25, 0.3) is 0 Å². The first kappa shape index (κ1) is 9.45. The average Bonchev–Trinajstić information content (AvgIpc) is 2.66. The predicted molar refractivity (Wildman–Crippen MR) is 52.8 cm³/mol. The van der Waals surface area contributed by atoms with Gasteiger partial charge in [-0.25, -0.2) is 0 Å². The summed E-state index contributed by atoms with van der Waals surface area (Å²) in [6.07, 6.45) is 2.49. The lowest BCUT2D eigenvalue weighted by molar-refractivity contribution is 0.374. The SMILES string of the molecule is CC1CCCN(c2noc(CN)n2)C1. The largest absolute Gasteiger partial charge is 0.338 e. The molecule has 0 bridgehead atoms. The van der Waals surface area contributed by atoms with Crippen molar-refractivity contribution in [3.63, 3.8) is 0 Å². The summed E-state index contributed by atoms with van der Waals surface area (Å²) in [5.41, 5.74) is 5.41. The van der Waals surface area contributed by atoms with Crippen molar-refractivity contribution in [1.29, 1.82) is 0 Å². The summed E-state index contributed by atoms with van der Waals surface area (Å²) >= 11 is 0. The molecular formula is C9H16N4O. The fourth-order valence-corrected chi connectivity index (χ4v) is 1.83. The zero-order chi connectivity index (χ0) is 9.97. The Morgan fingerprint density at radius 1 is 1.64 bits per heavy atom. The molecule has 0 radical (unpaired) electrons. The van der Waals surface area contributed by atoms with Gasteiger partial charge in [-0.15, -0.1) is 0 Å². The third-order valence-electron chi connectivity index (χ3n) is 2.57. The molecule has 5 heteroatoms. The van der Waals surface area contributed by atoms with Crippen molar-refractivity contribution in [3.8, 4) is 0 Å². The number of hydrogen-bond acceptors (Lipinski definition) is 5. The number of aromatic nitrogens is 2. The molecule has 0 amide bonds. The number of piperidine rings is 1. The highest BCUT2D eigenvalue weighted by atomic mass is 16.5. The summed E-state index contributed by atoms with van der Waals surface area (Å²) in [4.78, 5) is 6.37. The van der Waals surface area contributed by atoms with Gasteiger partial charge in [-0.05, 0) is 23.9 Å². The first-order chi connectivity index (χ1) is 6.79. The maximum absolute atomic E-state index is 5.41. The van der Waals surface area contributed by atoms with Crippen LogP contribution in [0.3, 0.4) is 0 Å². The number of anilines is 1. The van der Waals surface area contributed by atoms with Crippen LogP contribution in [0.4, 0.5) is 5.95 Å². The molecule has 1 fully saturated rings. The van der Waals surface area contributed by atoms with E-state index < -0.39 is 0 Å². The van der Waals surface area contributed by atoms with E-state index in [4.69, 9.17) is 10.3 Å². The highest BCUT2D eigenvalue weighted by Gasteiger charge is 2.20. The zero-order valence-corrected chi connectivity index (χ0v) is 8.44. The Morgan fingerprint density at radius 3 is 3.14 bits per heavy atom. The molecule has 1 aliphatic rings. The van der Waals surface area contributed by atoms with Gasteiger partial charge in [-0.1, -0.05) is 6.92 Å². The molecule has 1 saturated heterocycles. The van der Waals surface area contributed by atoms with Gasteiger partial charge in [0.1, 0.15) is 0 Å². The topological polar surface area (TPSA) is 68.2 Å². The van der Waals surface area contributed by atoms with E-state index in [1.165, 1.54) is 12.8 Å². The molecule has 0 aromatic carbocycles. The quantitative estimate of drug-likeness (QED) is 0.756. The monoisotopic (exact) mass is 196 g/mol. The van der Waals surface area contributed by atoms with E-state index in [1.54, 1.807) is 0 Å². The maximum atomic E-state index is 5.41. The highest BCUT2D eigenvalue weighted by molar-refractivity contribution is 5.28. The van der Waals surface area contributed by atoms with Gasteiger partial charge >= 0.3 is 0 Å². The zero-order valence-electron chi connectivity index (χ0n) is 8.44. The minimum absolute atomic E-state index is 0.316. The molecule has 1 atom stereocenters. The van der Waals surface area contributed by atoms with Crippen LogP contribution >= 0.6 is 0 Å². The van der Waals surface area contributed by atoms with Crippen molar-refractivity contribution >= 4 is 5.95 Å². The Labute approximate surface area is 83.3 Å². The van der Waals surface area contributed by atoms with Gasteiger partial charge in [0.2, 0.25) is 5.89 Å². The molecule has 2 heterocycles. The molecule has 1 unspecified atom stereocenters. The molecule has 1 aromatic rings. The van der Waals surface area contributed by atoms with Crippen molar-refractivity contribution in [1.82, 2.24) is 10.1 Å². The first-order valence-electron chi connectivity index (χ1n) is 5.07. The maximum Gasteiger partial charge on any atom is 0.266 e. The standard InChI is InChI=1S/C9H16N4O/c1-7-3-2-4-13(6-7)9-11-8(5-10)14-12-9/h7H,2-6,10H2,1H3. The third-order valence-corrected chi connectivity index (χ3v) is 2.57. The number of nitrogens with zero attached hydrogens (tertiary/aromatic N) is 3. The minimum atomic E-state index is 0.316. The second-order valence-electron chi connectivity index (χ2n) is 3.89. The second kappa shape index (κ2) is 3.96. The van der Waals surface area contributed by atoms with Crippen LogP contribution < -0.4 is 10.6 Å². The van der Waals surface area contributed by atoms with E-state index in [1.807, 2.05) is 0 Å². The molecule has 2 rings (SSSR count). The summed E-state index contributed by atoms with van der Waals surface area (Å²) < 4.78 is 4.97. The lowest BCUT2D eigenvalue weighted by Crippen LogP contribution is -2.34. The van der Waals surface area contributed by atoms with Crippen LogP contribution in [-0.2, 0) is 6.54 Å². The predicted octanol–water partition coefficient (Wildman–Crippen LogP) is 0.765. The first-order valence-corrected chi connectivity index (χ1v) is 5.07. The van der Waals surface area contributed by atoms with Gasteiger partial charge in [0.15, 0.2) is 0 Å². The number of nitrogens with two attached hydrogens (primary N) is 1. The fraction of sp³-hybridized carbons (Fsp3) is 0.778.